The predicted octanol–water partition coefficient (Wildman–Crippen LogP) is 1.34. The lowest BCUT2D eigenvalue weighted by Crippen LogP contribution is -2.38. The fourth-order valence-electron chi connectivity index (χ4n) is 1.19. The summed E-state index contributed by atoms with van der Waals surface area (Å²) >= 11 is 0. The van der Waals surface area contributed by atoms with Crippen molar-refractivity contribution in [3.05, 3.63) is 35.1 Å². The van der Waals surface area contributed by atoms with Gasteiger partial charge in [0.05, 0.1) is 0 Å². The van der Waals surface area contributed by atoms with Gasteiger partial charge in [0.1, 0.15) is 11.9 Å². The van der Waals surface area contributed by atoms with Crippen LogP contribution in [-0.2, 0) is 4.79 Å². The zero-order valence-corrected chi connectivity index (χ0v) is 8.95. The largest absolute Gasteiger partial charge is 0.480 e. The maximum absolute atomic E-state index is 13.1. The molecule has 5 heteroatoms. The number of amides is 1. The Balaban J connectivity index is 2.89. The highest BCUT2D eigenvalue weighted by Crippen LogP contribution is 2.11. The average molecular weight is 225 g/mol. The summed E-state index contributed by atoms with van der Waals surface area (Å²) in [5, 5.41) is 10.9. The summed E-state index contributed by atoms with van der Waals surface area (Å²) in [6, 6.07) is 3.09. The minimum absolute atomic E-state index is 0.146. The van der Waals surface area contributed by atoms with E-state index in [2.05, 4.69) is 5.32 Å². The zero-order valence-electron chi connectivity index (χ0n) is 8.95. The van der Waals surface area contributed by atoms with Crippen molar-refractivity contribution < 1.29 is 19.1 Å². The van der Waals surface area contributed by atoms with E-state index >= 15 is 0 Å². The topological polar surface area (TPSA) is 66.4 Å². The lowest BCUT2D eigenvalue weighted by atomic mass is 10.1. The van der Waals surface area contributed by atoms with Crippen molar-refractivity contribution in [2.75, 3.05) is 0 Å². The van der Waals surface area contributed by atoms with Gasteiger partial charge >= 0.3 is 5.97 Å². The maximum Gasteiger partial charge on any atom is 0.325 e. The van der Waals surface area contributed by atoms with Crippen LogP contribution in [0.1, 0.15) is 22.8 Å². The first-order valence-corrected chi connectivity index (χ1v) is 4.72. The Kier molecular flexibility index (Phi) is 3.60. The van der Waals surface area contributed by atoms with E-state index in [0.717, 1.165) is 0 Å². The van der Waals surface area contributed by atoms with E-state index in [-0.39, 0.29) is 11.1 Å². The van der Waals surface area contributed by atoms with E-state index in [1.165, 1.54) is 32.0 Å². The Hall–Kier alpha value is -1.91. The number of nitrogens with one attached hydrogen (secondary N) is 1. The van der Waals surface area contributed by atoms with Gasteiger partial charge in [-0.1, -0.05) is 6.07 Å². The molecule has 4 nitrogen and oxygen atoms in total. The molecule has 0 radical (unpaired) electrons. The van der Waals surface area contributed by atoms with E-state index in [4.69, 9.17) is 5.11 Å². The molecule has 0 unspecified atom stereocenters. The first-order chi connectivity index (χ1) is 7.43. The van der Waals surface area contributed by atoms with Gasteiger partial charge in [0.25, 0.3) is 5.91 Å². The third kappa shape index (κ3) is 2.56. The minimum Gasteiger partial charge on any atom is -0.480 e. The maximum atomic E-state index is 13.1. The lowest BCUT2D eigenvalue weighted by molar-refractivity contribution is -0.138. The van der Waals surface area contributed by atoms with Gasteiger partial charge in [-0.25, -0.2) is 4.39 Å². The van der Waals surface area contributed by atoms with Crippen molar-refractivity contribution >= 4 is 11.9 Å². The summed E-state index contributed by atoms with van der Waals surface area (Å²) < 4.78 is 13.1. The fraction of sp³-hybridized carbons (Fsp3) is 0.273. The van der Waals surface area contributed by atoms with Gasteiger partial charge in [0.2, 0.25) is 0 Å². The molecule has 1 amide bonds. The van der Waals surface area contributed by atoms with E-state index < -0.39 is 23.7 Å². The Morgan fingerprint density at radius 1 is 1.44 bits per heavy atom. The number of aliphatic carboxylic acids is 1. The van der Waals surface area contributed by atoms with Gasteiger partial charge in [-0.2, -0.15) is 0 Å². The molecule has 16 heavy (non-hydrogen) atoms. The fourth-order valence-corrected chi connectivity index (χ4v) is 1.19. The first kappa shape index (κ1) is 12.2. The Labute approximate surface area is 92.1 Å². The average Bonchev–Trinajstić information content (AvgIpc) is 2.21. The molecule has 1 aromatic rings. The summed E-state index contributed by atoms with van der Waals surface area (Å²) in [5.74, 6) is -2.22. The monoisotopic (exact) mass is 225 g/mol. The molecule has 0 aliphatic rings. The Bertz CT molecular complexity index is 431. The van der Waals surface area contributed by atoms with Crippen LogP contribution in [-0.4, -0.2) is 23.0 Å². The number of carbonyl (C=O) groups is 2. The number of carboxylic acids is 1. The normalized spacial score (nSPS) is 11.9. The predicted molar refractivity (Wildman–Crippen MR) is 55.7 cm³/mol. The molecule has 0 aromatic heterocycles. The molecule has 86 valence electrons. The third-order valence-electron chi connectivity index (χ3n) is 2.23. The SMILES string of the molecule is Cc1c(F)cccc1C(=O)N[C@@H](C)C(=O)O. The summed E-state index contributed by atoms with van der Waals surface area (Å²) in [4.78, 5) is 22.1. The molecule has 0 bridgehead atoms. The number of carboxylic acid groups (broad SMARTS) is 1. The molecular weight excluding hydrogens is 213 g/mol. The van der Waals surface area contributed by atoms with Crippen LogP contribution < -0.4 is 5.32 Å². The highest BCUT2D eigenvalue weighted by molar-refractivity contribution is 5.97. The van der Waals surface area contributed by atoms with E-state index in [1.54, 1.807) is 0 Å². The quantitative estimate of drug-likeness (QED) is 0.815. The van der Waals surface area contributed by atoms with Crippen LogP contribution in [0.2, 0.25) is 0 Å². The van der Waals surface area contributed by atoms with Gasteiger partial charge in [0, 0.05) is 5.56 Å². The number of benzene rings is 1. The lowest BCUT2D eigenvalue weighted by Gasteiger charge is -2.11. The number of hydrogen-bond donors (Lipinski definition) is 2. The number of rotatable bonds is 3. The third-order valence-corrected chi connectivity index (χ3v) is 2.23. The molecule has 0 fully saturated rings. The van der Waals surface area contributed by atoms with Crippen molar-refractivity contribution in [3.8, 4) is 0 Å². The van der Waals surface area contributed by atoms with Crippen LogP contribution in [0.5, 0.6) is 0 Å². The Morgan fingerprint density at radius 3 is 2.62 bits per heavy atom. The van der Waals surface area contributed by atoms with Gasteiger partial charge < -0.3 is 10.4 Å². The van der Waals surface area contributed by atoms with Crippen molar-refractivity contribution in [1.82, 2.24) is 5.32 Å². The molecular formula is C11H12FNO3. The standard InChI is InChI=1S/C11H12FNO3/c1-6-8(4-3-5-9(6)12)10(14)13-7(2)11(15)16/h3-5,7H,1-2H3,(H,13,14)(H,15,16)/t7-/m0/s1. The molecule has 1 aromatic carbocycles. The van der Waals surface area contributed by atoms with Crippen molar-refractivity contribution in [3.63, 3.8) is 0 Å². The van der Waals surface area contributed by atoms with Gasteiger partial charge in [-0.15, -0.1) is 0 Å². The first-order valence-electron chi connectivity index (χ1n) is 4.72. The van der Waals surface area contributed by atoms with Crippen LogP contribution in [0.15, 0.2) is 18.2 Å². The van der Waals surface area contributed by atoms with Gasteiger partial charge in [0.15, 0.2) is 0 Å². The molecule has 0 saturated heterocycles. The second-order valence-electron chi connectivity index (χ2n) is 3.45. The number of carbonyl (C=O) groups excluding carboxylic acids is 1. The minimum atomic E-state index is -1.14. The second kappa shape index (κ2) is 4.74. The van der Waals surface area contributed by atoms with Crippen LogP contribution >= 0.6 is 0 Å². The molecule has 0 saturated carbocycles. The molecule has 0 aliphatic heterocycles. The Morgan fingerprint density at radius 2 is 2.06 bits per heavy atom. The number of halogens is 1. The van der Waals surface area contributed by atoms with E-state index in [1.807, 2.05) is 0 Å². The van der Waals surface area contributed by atoms with E-state index in [0.29, 0.717) is 0 Å². The number of hydrogen-bond acceptors (Lipinski definition) is 2. The van der Waals surface area contributed by atoms with Crippen LogP contribution in [0.3, 0.4) is 0 Å². The van der Waals surface area contributed by atoms with Crippen LogP contribution in [0, 0.1) is 12.7 Å². The van der Waals surface area contributed by atoms with Gasteiger partial charge in [-0.05, 0) is 31.5 Å². The van der Waals surface area contributed by atoms with Crippen molar-refractivity contribution in [1.29, 1.82) is 0 Å². The molecule has 0 spiro atoms. The molecule has 1 atom stereocenters. The smallest absolute Gasteiger partial charge is 0.325 e. The van der Waals surface area contributed by atoms with Crippen LogP contribution in [0.4, 0.5) is 4.39 Å². The van der Waals surface area contributed by atoms with Crippen molar-refractivity contribution in [2.45, 2.75) is 19.9 Å². The summed E-state index contributed by atoms with van der Waals surface area (Å²) in [7, 11) is 0. The van der Waals surface area contributed by atoms with Gasteiger partial charge in [-0.3, -0.25) is 9.59 Å². The molecule has 0 aliphatic carbocycles. The summed E-state index contributed by atoms with van der Waals surface area (Å²) in [5.41, 5.74) is 0.352. The highest BCUT2D eigenvalue weighted by Gasteiger charge is 2.17. The zero-order chi connectivity index (χ0) is 12.3. The molecule has 0 heterocycles. The van der Waals surface area contributed by atoms with Crippen LogP contribution in [0.25, 0.3) is 0 Å². The van der Waals surface area contributed by atoms with E-state index in [9.17, 15) is 14.0 Å². The molecule has 2 N–H and O–H groups in total. The summed E-state index contributed by atoms with van der Waals surface area (Å²) in [6.45, 7) is 2.81. The highest BCUT2D eigenvalue weighted by atomic mass is 19.1. The second-order valence-corrected chi connectivity index (χ2v) is 3.45. The van der Waals surface area contributed by atoms with Crippen molar-refractivity contribution in [2.24, 2.45) is 0 Å². The summed E-state index contributed by atoms with van der Waals surface area (Å²) in [6.07, 6.45) is 0. The molecule has 1 rings (SSSR count).